The lowest BCUT2D eigenvalue weighted by molar-refractivity contribution is 0.436. The molecule has 0 saturated heterocycles. The molecule has 1 fully saturated rings. The molecule has 0 bridgehead atoms. The zero-order valence-electron chi connectivity index (χ0n) is 47.2. The Kier molecular flexibility index (Phi) is 12.4. The Morgan fingerprint density at radius 2 is 0.833 bits per heavy atom. The summed E-state index contributed by atoms with van der Waals surface area (Å²) in [5.41, 5.74) is 19.8. The second-order valence-electron chi connectivity index (χ2n) is 23.2. The van der Waals surface area contributed by atoms with Gasteiger partial charge in [-0.3, -0.25) is 0 Å². The number of nitrogens with zero attached hydrogens (tertiary/aromatic N) is 2. The summed E-state index contributed by atoms with van der Waals surface area (Å²) in [5.74, 6) is 0. The van der Waals surface area contributed by atoms with Gasteiger partial charge in [-0.25, -0.2) is 0 Å². The van der Waals surface area contributed by atoms with E-state index in [2.05, 4.69) is 272 Å². The van der Waals surface area contributed by atoms with Gasteiger partial charge in [-0.2, -0.15) is 0 Å². The predicted molar refractivity (Wildman–Crippen MR) is 355 cm³/mol. The van der Waals surface area contributed by atoms with E-state index in [-0.39, 0.29) is 6.04 Å². The van der Waals surface area contributed by atoms with Crippen LogP contribution in [0.5, 0.6) is 0 Å². The maximum Gasteiger partial charge on any atom is 0.159 e. The van der Waals surface area contributed by atoms with Crippen LogP contribution in [0.4, 0.5) is 28.4 Å². The monoisotopic (exact) mass is 1080 g/mol. The molecule has 2 aromatic heterocycles. The second-order valence-corrected chi connectivity index (χ2v) is 23.2. The summed E-state index contributed by atoms with van der Waals surface area (Å²) in [6.07, 6.45) is 8.95. The van der Waals surface area contributed by atoms with Crippen molar-refractivity contribution < 1.29 is 8.83 Å². The molecule has 4 heteroatoms. The Balaban J connectivity index is 0.961. The van der Waals surface area contributed by atoms with Crippen LogP contribution in [-0.4, -0.2) is 6.04 Å². The van der Waals surface area contributed by atoms with Gasteiger partial charge in [-0.05, 0) is 170 Å². The third-order valence-corrected chi connectivity index (χ3v) is 18.1. The average Bonchev–Trinajstić information content (AvgIpc) is 1.26. The lowest BCUT2D eigenvalue weighted by Crippen LogP contribution is -2.33. The van der Waals surface area contributed by atoms with Gasteiger partial charge in [0, 0.05) is 49.7 Å². The molecule has 0 unspecified atom stereocenters. The van der Waals surface area contributed by atoms with Crippen molar-refractivity contribution >= 4 is 105 Å². The zero-order valence-corrected chi connectivity index (χ0v) is 47.2. The summed E-state index contributed by atoms with van der Waals surface area (Å²) in [7, 11) is 0. The molecule has 1 aliphatic carbocycles. The van der Waals surface area contributed by atoms with Crippen molar-refractivity contribution in [2.24, 2.45) is 0 Å². The largest absolute Gasteiger partial charge is 0.454 e. The maximum absolute atomic E-state index is 7.22. The van der Waals surface area contributed by atoms with E-state index in [4.69, 9.17) is 8.83 Å². The molecule has 0 atom stereocenters. The van der Waals surface area contributed by atoms with Crippen LogP contribution >= 0.6 is 0 Å². The first-order chi connectivity index (χ1) is 41.6. The quantitative estimate of drug-likeness (QED) is 0.108. The molecular weight excluding hydrogens is 1020 g/mol. The predicted octanol–water partition coefficient (Wildman–Crippen LogP) is 23.3. The van der Waals surface area contributed by atoms with Crippen molar-refractivity contribution in [3.63, 3.8) is 0 Å². The molecule has 0 amide bonds. The van der Waals surface area contributed by atoms with Crippen LogP contribution in [0.1, 0.15) is 57.4 Å². The van der Waals surface area contributed by atoms with Crippen LogP contribution in [0.15, 0.2) is 264 Å². The molecular formula is C80H62N2O2. The molecule has 16 rings (SSSR count). The van der Waals surface area contributed by atoms with Gasteiger partial charge in [-0.15, -0.1) is 0 Å². The van der Waals surface area contributed by atoms with E-state index in [1.165, 1.54) is 90.6 Å². The number of furan rings is 2. The van der Waals surface area contributed by atoms with Crippen LogP contribution in [0.3, 0.4) is 0 Å². The smallest absolute Gasteiger partial charge is 0.159 e. The second kappa shape index (κ2) is 20.8. The van der Waals surface area contributed by atoms with Crippen molar-refractivity contribution in [3.8, 4) is 44.5 Å². The Bertz CT molecular complexity index is 4910. The van der Waals surface area contributed by atoms with Crippen molar-refractivity contribution in [1.29, 1.82) is 0 Å². The first kappa shape index (κ1) is 49.9. The van der Waals surface area contributed by atoms with Gasteiger partial charge in [0.15, 0.2) is 11.2 Å². The van der Waals surface area contributed by atoms with Gasteiger partial charge in [-0.1, -0.05) is 215 Å². The highest BCUT2D eigenvalue weighted by atomic mass is 16.3. The number of hydrogen-bond acceptors (Lipinski definition) is 4. The Labute approximate surface area is 489 Å². The van der Waals surface area contributed by atoms with E-state index >= 15 is 0 Å². The van der Waals surface area contributed by atoms with E-state index in [1.807, 2.05) is 0 Å². The highest BCUT2D eigenvalue weighted by molar-refractivity contribution is 6.29. The van der Waals surface area contributed by atoms with Crippen LogP contribution in [0.2, 0.25) is 0 Å². The Morgan fingerprint density at radius 3 is 1.40 bits per heavy atom. The highest BCUT2D eigenvalue weighted by Gasteiger charge is 2.31. The molecule has 13 aromatic carbocycles. The topological polar surface area (TPSA) is 32.8 Å². The van der Waals surface area contributed by atoms with E-state index in [9.17, 15) is 0 Å². The molecule has 84 heavy (non-hydrogen) atoms. The number of para-hydroxylation sites is 1. The molecule has 1 aliphatic rings. The fraction of sp³-hybridized carbons (Fsp3) is 0.125. The first-order valence-corrected chi connectivity index (χ1v) is 30.2. The van der Waals surface area contributed by atoms with Gasteiger partial charge in [0.25, 0.3) is 0 Å². The first-order valence-electron chi connectivity index (χ1n) is 30.2. The molecule has 15 aromatic rings. The number of unbranched alkanes of at least 4 members (excludes halogenated alkanes) is 1. The molecule has 0 radical (unpaired) electrons. The number of benzene rings is 13. The van der Waals surface area contributed by atoms with Crippen LogP contribution in [-0.2, 0) is 6.42 Å². The van der Waals surface area contributed by atoms with Crippen molar-refractivity contribution in [1.82, 2.24) is 0 Å². The minimum absolute atomic E-state index is 0.260. The van der Waals surface area contributed by atoms with Crippen LogP contribution in [0, 0.1) is 0 Å². The number of rotatable bonds is 13. The number of anilines is 5. The van der Waals surface area contributed by atoms with Gasteiger partial charge < -0.3 is 18.6 Å². The summed E-state index contributed by atoms with van der Waals surface area (Å²) in [5, 5.41) is 12.0. The molecule has 1 saturated carbocycles. The van der Waals surface area contributed by atoms with Gasteiger partial charge in [0.2, 0.25) is 0 Å². The normalized spacial score (nSPS) is 13.2. The van der Waals surface area contributed by atoms with Gasteiger partial charge in [0.05, 0.1) is 17.1 Å². The summed E-state index contributed by atoms with van der Waals surface area (Å²) in [6.45, 7) is 2.31. The van der Waals surface area contributed by atoms with Crippen LogP contribution < -0.4 is 9.80 Å². The maximum atomic E-state index is 7.22. The fourth-order valence-electron chi connectivity index (χ4n) is 14.0. The SMILES string of the molecule is CCCCc1cc(N(c2ccccc2)c2cc(-c3ccccc3)cc3c2oc2ccc(-c4ccccc4)cc23)c2ccc3ccc(N(c4cc(-c5ccccc5)cc5c4oc4ccc(-c6ccccc6)cc45)C4CCCCC4)c4ccc1c2c34. The molecule has 0 N–H and O–H groups in total. The minimum Gasteiger partial charge on any atom is -0.454 e. The summed E-state index contributed by atoms with van der Waals surface area (Å²) in [6, 6.07) is 94.2. The summed E-state index contributed by atoms with van der Waals surface area (Å²) >= 11 is 0. The van der Waals surface area contributed by atoms with E-state index in [0.717, 1.165) is 115 Å². The van der Waals surface area contributed by atoms with Crippen molar-refractivity contribution in [2.45, 2.75) is 64.3 Å². The number of fused-ring (bicyclic) bond motifs is 6. The standard InChI is InChI=1S/C80H62N2O2/c1-2-3-22-59-49-72(82(63-33-20-9-21-34-63)74-51-61(55-29-16-7-17-30-55)48-70-68-46-58(53-25-12-5-13-26-53)38-44-76(68)84-80(70)74)66-39-35-56-36-42-71(65-41-40-64(59)78(66)77(56)65)81(62-31-18-8-19-32-62)73-50-60(54-27-14-6-15-28-54)47-69-67-45-57(52-23-10-4-11-24-52)37-43-75(67)83-79(69)73/h4-7,9-17,20-21,23-30,33-51,62H,2-3,8,18-19,22,31-32H2,1H3. The van der Waals surface area contributed by atoms with E-state index in [0.29, 0.717) is 0 Å². The Hall–Kier alpha value is -9.90. The van der Waals surface area contributed by atoms with E-state index in [1.54, 1.807) is 0 Å². The minimum atomic E-state index is 0.260. The zero-order chi connectivity index (χ0) is 55.7. The molecule has 404 valence electrons. The average molecular weight is 1080 g/mol. The Morgan fingerprint density at radius 1 is 0.357 bits per heavy atom. The van der Waals surface area contributed by atoms with Crippen molar-refractivity contribution in [3.05, 3.63) is 260 Å². The fourth-order valence-corrected chi connectivity index (χ4v) is 14.0. The van der Waals surface area contributed by atoms with Crippen molar-refractivity contribution in [2.75, 3.05) is 9.80 Å². The summed E-state index contributed by atoms with van der Waals surface area (Å²) < 4.78 is 14.4. The van der Waals surface area contributed by atoms with Gasteiger partial charge in [0.1, 0.15) is 11.2 Å². The molecule has 4 nitrogen and oxygen atoms in total. The summed E-state index contributed by atoms with van der Waals surface area (Å²) in [4.78, 5) is 5.22. The number of aryl methyl sites for hydroxylation is 1. The lowest BCUT2D eigenvalue weighted by atomic mass is 9.87. The van der Waals surface area contributed by atoms with E-state index < -0.39 is 0 Å². The number of hydrogen-bond donors (Lipinski definition) is 0. The highest BCUT2D eigenvalue weighted by Crippen LogP contribution is 2.53. The molecule has 0 spiro atoms. The molecule has 2 heterocycles. The lowest BCUT2D eigenvalue weighted by Gasteiger charge is -2.37. The van der Waals surface area contributed by atoms with Gasteiger partial charge >= 0.3 is 0 Å². The third kappa shape index (κ3) is 8.50. The third-order valence-electron chi connectivity index (χ3n) is 18.1. The molecule has 0 aliphatic heterocycles. The van der Waals surface area contributed by atoms with Crippen LogP contribution in [0.25, 0.3) is 121 Å².